The molecule has 0 spiro atoms. The van der Waals surface area contributed by atoms with Crippen molar-refractivity contribution in [2.24, 2.45) is 0 Å². The fourth-order valence-corrected chi connectivity index (χ4v) is 6.36. The van der Waals surface area contributed by atoms with Crippen LogP contribution in [0.3, 0.4) is 0 Å². The van der Waals surface area contributed by atoms with Crippen LogP contribution in [0.2, 0.25) is 0 Å². The molecule has 4 aromatic rings. The number of aromatic hydroxyl groups is 1. The Labute approximate surface area is 246 Å². The summed E-state index contributed by atoms with van der Waals surface area (Å²) in [5.41, 5.74) is 1.57. The number of nitriles is 1. The van der Waals surface area contributed by atoms with Crippen molar-refractivity contribution in [1.29, 1.82) is 5.26 Å². The van der Waals surface area contributed by atoms with Crippen LogP contribution in [0.1, 0.15) is 75.5 Å². The van der Waals surface area contributed by atoms with E-state index in [4.69, 9.17) is 0 Å². The van der Waals surface area contributed by atoms with Crippen molar-refractivity contribution in [1.82, 2.24) is 9.55 Å². The van der Waals surface area contributed by atoms with E-state index >= 15 is 0 Å². The van der Waals surface area contributed by atoms with Crippen LogP contribution in [0, 0.1) is 11.3 Å². The van der Waals surface area contributed by atoms with Gasteiger partial charge in [0.25, 0.3) is 5.56 Å². The van der Waals surface area contributed by atoms with Gasteiger partial charge in [0, 0.05) is 6.42 Å². The van der Waals surface area contributed by atoms with E-state index in [1.54, 1.807) is 50.2 Å². The lowest BCUT2D eigenvalue weighted by Gasteiger charge is -2.23. The Balaban J connectivity index is 1.81. The molecule has 1 aromatic heterocycles. The van der Waals surface area contributed by atoms with Gasteiger partial charge in [-0.25, -0.2) is 8.42 Å². The van der Waals surface area contributed by atoms with Crippen LogP contribution in [0.25, 0.3) is 11.1 Å². The Morgan fingerprint density at radius 3 is 2.17 bits per heavy atom. The maximum absolute atomic E-state index is 14.0. The lowest BCUT2D eigenvalue weighted by molar-refractivity contribution is 0.0786. The lowest BCUT2D eigenvalue weighted by Crippen LogP contribution is -2.33. The van der Waals surface area contributed by atoms with E-state index in [0.717, 1.165) is 23.1 Å². The molecule has 1 heterocycles. The molecule has 1 unspecified atom stereocenters. The highest BCUT2D eigenvalue weighted by atomic mass is 32.2. The van der Waals surface area contributed by atoms with E-state index in [2.05, 4.69) is 11.1 Å². The maximum atomic E-state index is 14.0. The van der Waals surface area contributed by atoms with Crippen molar-refractivity contribution in [3.05, 3.63) is 106 Å². The molecule has 0 aliphatic carbocycles. The number of sulfone groups is 1. The van der Waals surface area contributed by atoms with Crippen molar-refractivity contribution >= 4 is 9.84 Å². The lowest BCUT2D eigenvalue weighted by atomic mass is 9.95. The minimum atomic E-state index is -4.45. The zero-order valence-electron chi connectivity index (χ0n) is 24.2. The van der Waals surface area contributed by atoms with Crippen LogP contribution < -0.4 is 5.56 Å². The highest BCUT2D eigenvalue weighted by Gasteiger charge is 2.31. The topological polar surface area (TPSA) is 133 Å². The first-order valence-electron chi connectivity index (χ1n) is 13.9. The van der Waals surface area contributed by atoms with Crippen LogP contribution in [0.4, 0.5) is 0 Å². The van der Waals surface area contributed by atoms with E-state index < -0.39 is 37.8 Å². The number of rotatable bonds is 10. The van der Waals surface area contributed by atoms with Crippen LogP contribution in [-0.4, -0.2) is 28.2 Å². The summed E-state index contributed by atoms with van der Waals surface area (Å²) in [5.74, 6) is -0.536. The zero-order chi connectivity index (χ0) is 30.7. The van der Waals surface area contributed by atoms with Gasteiger partial charge in [0.05, 0.1) is 28.2 Å². The SMILES string of the molecule is CCCCc1nc(O)c(S(=O)(=O)c2ccc(-c3ccc(C(C)(C)O)cc3)cc2)c(=O)n1C(CC)c1cccc(C#N)c1. The van der Waals surface area contributed by atoms with Crippen molar-refractivity contribution < 1.29 is 18.6 Å². The number of benzene rings is 3. The Morgan fingerprint density at radius 1 is 1.00 bits per heavy atom. The summed E-state index contributed by atoms with van der Waals surface area (Å²) in [6.07, 6.45) is 2.30. The molecule has 218 valence electrons. The molecular weight excluding hydrogens is 550 g/mol. The van der Waals surface area contributed by atoms with Gasteiger partial charge in [-0.15, -0.1) is 0 Å². The third kappa shape index (κ3) is 6.15. The molecule has 3 aromatic carbocycles. The quantitative estimate of drug-likeness (QED) is 0.237. The molecule has 4 rings (SSSR count). The van der Waals surface area contributed by atoms with Gasteiger partial charge in [-0.05, 0) is 73.2 Å². The van der Waals surface area contributed by atoms with Gasteiger partial charge < -0.3 is 10.2 Å². The highest BCUT2D eigenvalue weighted by molar-refractivity contribution is 7.91. The number of unbranched alkanes of at least 4 members (excludes halogenated alkanes) is 1. The predicted octanol–water partition coefficient (Wildman–Crippen LogP) is 5.89. The first kappa shape index (κ1) is 30.7. The molecular formula is C33H35N3O5S. The predicted molar refractivity (Wildman–Crippen MR) is 161 cm³/mol. The van der Waals surface area contributed by atoms with E-state index in [1.165, 1.54) is 16.7 Å². The Kier molecular flexibility index (Phi) is 9.00. The minimum Gasteiger partial charge on any atom is -0.492 e. The molecule has 2 N–H and O–H groups in total. The maximum Gasteiger partial charge on any atom is 0.277 e. The van der Waals surface area contributed by atoms with Crippen molar-refractivity contribution in [3.63, 3.8) is 0 Å². The molecule has 0 saturated heterocycles. The van der Waals surface area contributed by atoms with Gasteiger partial charge >= 0.3 is 0 Å². The zero-order valence-corrected chi connectivity index (χ0v) is 25.0. The van der Waals surface area contributed by atoms with Gasteiger partial charge in [0.1, 0.15) is 5.82 Å². The molecule has 8 nitrogen and oxygen atoms in total. The van der Waals surface area contributed by atoms with E-state index in [9.17, 15) is 28.7 Å². The van der Waals surface area contributed by atoms with Gasteiger partial charge in [-0.1, -0.05) is 68.8 Å². The fraction of sp³-hybridized carbons (Fsp3) is 0.303. The molecule has 0 amide bonds. The third-order valence-electron chi connectivity index (χ3n) is 7.34. The van der Waals surface area contributed by atoms with Gasteiger partial charge in [-0.2, -0.15) is 10.2 Å². The summed E-state index contributed by atoms with van der Waals surface area (Å²) in [5, 5.41) is 30.5. The second kappa shape index (κ2) is 12.3. The van der Waals surface area contributed by atoms with Crippen LogP contribution in [0.5, 0.6) is 5.88 Å². The molecule has 0 aliphatic heterocycles. The van der Waals surface area contributed by atoms with Gasteiger partial charge in [0.15, 0.2) is 4.90 Å². The second-order valence-electron chi connectivity index (χ2n) is 10.8. The first-order chi connectivity index (χ1) is 19.9. The first-order valence-corrected chi connectivity index (χ1v) is 15.4. The van der Waals surface area contributed by atoms with Gasteiger partial charge in [0.2, 0.25) is 15.7 Å². The molecule has 0 radical (unpaired) electrons. The number of nitrogens with zero attached hydrogens (tertiary/aromatic N) is 3. The average molecular weight is 586 g/mol. The largest absolute Gasteiger partial charge is 0.492 e. The van der Waals surface area contributed by atoms with Crippen LogP contribution >= 0.6 is 0 Å². The molecule has 0 saturated carbocycles. The van der Waals surface area contributed by atoms with Gasteiger partial charge in [-0.3, -0.25) is 9.36 Å². The summed E-state index contributed by atoms with van der Waals surface area (Å²) < 4.78 is 29.0. The molecule has 1 atom stereocenters. The molecule has 9 heteroatoms. The number of hydrogen-bond acceptors (Lipinski definition) is 7. The smallest absolute Gasteiger partial charge is 0.277 e. The normalized spacial score (nSPS) is 12.6. The number of aliphatic hydroxyl groups is 1. The Hall–Kier alpha value is -4.26. The average Bonchev–Trinajstić information content (AvgIpc) is 2.97. The van der Waals surface area contributed by atoms with E-state index in [-0.39, 0.29) is 10.7 Å². The summed E-state index contributed by atoms with van der Waals surface area (Å²) in [6.45, 7) is 7.25. The molecule has 0 bridgehead atoms. The molecule has 42 heavy (non-hydrogen) atoms. The van der Waals surface area contributed by atoms with E-state index in [1.807, 2.05) is 38.1 Å². The minimum absolute atomic E-state index is 0.152. The summed E-state index contributed by atoms with van der Waals surface area (Å²) in [7, 11) is -4.45. The van der Waals surface area contributed by atoms with Crippen molar-refractivity contribution in [2.45, 2.75) is 74.8 Å². The summed E-state index contributed by atoms with van der Waals surface area (Å²) in [4.78, 5) is 17.3. The Morgan fingerprint density at radius 2 is 1.62 bits per heavy atom. The number of aromatic nitrogens is 2. The molecule has 0 fully saturated rings. The monoisotopic (exact) mass is 585 g/mol. The fourth-order valence-electron chi connectivity index (χ4n) is 5.01. The van der Waals surface area contributed by atoms with E-state index in [0.29, 0.717) is 30.4 Å². The third-order valence-corrected chi connectivity index (χ3v) is 9.13. The van der Waals surface area contributed by atoms with Crippen LogP contribution in [0.15, 0.2) is 87.4 Å². The summed E-state index contributed by atoms with van der Waals surface area (Å²) in [6, 6.07) is 21.7. The number of hydrogen-bond donors (Lipinski definition) is 2. The van der Waals surface area contributed by atoms with Crippen molar-refractivity contribution in [2.75, 3.05) is 0 Å². The van der Waals surface area contributed by atoms with Crippen molar-refractivity contribution in [3.8, 4) is 23.1 Å². The standard InChI is InChI=1S/C33H35N3O5S/c1-5-7-11-29-35-31(37)30(32(38)36(29)28(6-2)25-10-8-9-22(20-25)21-34)42(40,41)27-18-14-24(15-19-27)23-12-16-26(17-13-23)33(3,4)39/h8-10,12-20,28,37,39H,5-7,11H2,1-4H3. The molecule has 0 aliphatic rings. The second-order valence-corrected chi connectivity index (χ2v) is 12.7. The highest BCUT2D eigenvalue weighted by Crippen LogP contribution is 2.31. The summed E-state index contributed by atoms with van der Waals surface area (Å²) >= 11 is 0. The number of aryl methyl sites for hydroxylation is 1. The van der Waals surface area contributed by atoms with Crippen LogP contribution in [-0.2, 0) is 21.9 Å². The Bertz CT molecular complexity index is 1780.